The van der Waals surface area contributed by atoms with Crippen LogP contribution in [0.15, 0.2) is 28.8 Å². The molecule has 1 aromatic carbocycles. The first-order valence-corrected chi connectivity index (χ1v) is 10.6. The van der Waals surface area contributed by atoms with Gasteiger partial charge in [-0.25, -0.2) is 0 Å². The summed E-state index contributed by atoms with van der Waals surface area (Å²) in [5.41, 5.74) is 6.80. The van der Waals surface area contributed by atoms with Crippen LogP contribution in [0, 0.1) is 6.92 Å². The second-order valence-electron chi connectivity index (χ2n) is 7.90. The maximum atomic E-state index is 13.3. The molecule has 1 aliphatic rings. The summed E-state index contributed by atoms with van der Waals surface area (Å²) < 4.78 is 58.3. The van der Waals surface area contributed by atoms with Crippen molar-refractivity contribution in [2.45, 2.75) is 44.1 Å². The van der Waals surface area contributed by atoms with E-state index in [4.69, 9.17) is 21.9 Å². The number of alkyl halides is 4. The van der Waals surface area contributed by atoms with Gasteiger partial charge in [0.05, 0.1) is 24.2 Å². The highest BCUT2D eigenvalue weighted by atomic mass is 35.5. The number of hydrogen-bond acceptors (Lipinski definition) is 5. The fourth-order valence-electron chi connectivity index (χ4n) is 3.54. The van der Waals surface area contributed by atoms with E-state index in [0.29, 0.717) is 39.8 Å². The summed E-state index contributed by atoms with van der Waals surface area (Å²) >= 11 is 6.18. The topological polar surface area (TPSA) is 101 Å². The van der Waals surface area contributed by atoms with E-state index >= 15 is 0 Å². The van der Waals surface area contributed by atoms with Crippen molar-refractivity contribution in [1.82, 2.24) is 15.4 Å². The zero-order chi connectivity index (χ0) is 24.4. The average molecular weight is 491 g/mol. The van der Waals surface area contributed by atoms with Crippen molar-refractivity contribution in [3.63, 3.8) is 0 Å². The Balaban J connectivity index is 1.48. The molecule has 0 radical (unpaired) electrons. The smallest absolute Gasteiger partial charge is 0.329 e. The van der Waals surface area contributed by atoms with Gasteiger partial charge in [-0.2, -0.15) is 17.6 Å². The van der Waals surface area contributed by atoms with E-state index < -0.39 is 42.8 Å². The average Bonchev–Trinajstić information content (AvgIpc) is 3.22. The number of aryl methyl sites for hydroxylation is 1. The van der Waals surface area contributed by atoms with E-state index in [1.165, 1.54) is 0 Å². The monoisotopic (exact) mass is 490 g/mol. The minimum absolute atomic E-state index is 0.0967. The van der Waals surface area contributed by atoms with Crippen LogP contribution in [-0.4, -0.2) is 59.4 Å². The summed E-state index contributed by atoms with van der Waals surface area (Å²) in [7, 11) is 0. The Hall–Kier alpha value is -2.66. The predicted molar refractivity (Wildman–Crippen MR) is 112 cm³/mol. The summed E-state index contributed by atoms with van der Waals surface area (Å²) in [4.78, 5) is 25.2. The fourth-order valence-corrected chi connectivity index (χ4v) is 3.76. The lowest BCUT2D eigenvalue weighted by atomic mass is 10.1. The summed E-state index contributed by atoms with van der Waals surface area (Å²) in [5.74, 6) is -9.59. The van der Waals surface area contributed by atoms with Crippen LogP contribution in [0.3, 0.4) is 0 Å². The number of nitrogens with two attached hydrogens (primary N) is 1. The third kappa shape index (κ3) is 5.30. The molecule has 1 aromatic heterocycles. The highest BCUT2D eigenvalue weighted by Crippen LogP contribution is 2.41. The van der Waals surface area contributed by atoms with Gasteiger partial charge in [0, 0.05) is 12.1 Å². The lowest BCUT2D eigenvalue weighted by Gasteiger charge is -2.19. The summed E-state index contributed by atoms with van der Waals surface area (Å²) in [5, 5.41) is 7.06. The highest BCUT2D eigenvalue weighted by molar-refractivity contribution is 6.33. The van der Waals surface area contributed by atoms with Crippen molar-refractivity contribution in [3.05, 3.63) is 40.6 Å². The Labute approximate surface area is 192 Å². The van der Waals surface area contributed by atoms with E-state index in [0.717, 1.165) is 0 Å². The minimum Gasteiger partial charge on any atom is -0.360 e. The van der Waals surface area contributed by atoms with Gasteiger partial charge >= 0.3 is 11.8 Å². The first-order chi connectivity index (χ1) is 15.4. The molecule has 1 saturated heterocycles. The Morgan fingerprint density at radius 2 is 1.85 bits per heavy atom. The number of amides is 2. The maximum absolute atomic E-state index is 13.3. The molecule has 1 aliphatic heterocycles. The highest BCUT2D eigenvalue weighted by Gasteiger charge is 2.64. The predicted octanol–water partition coefficient (Wildman–Crippen LogP) is 3.64. The summed E-state index contributed by atoms with van der Waals surface area (Å²) in [6, 6.07) is 5.69. The minimum atomic E-state index is -4.27. The quantitative estimate of drug-likeness (QED) is 0.434. The molecule has 1 atom stereocenters. The van der Waals surface area contributed by atoms with Crippen LogP contribution in [0.5, 0.6) is 0 Å². The maximum Gasteiger partial charge on any atom is 0.329 e. The first-order valence-electron chi connectivity index (χ1n) is 10.2. The Morgan fingerprint density at radius 1 is 1.21 bits per heavy atom. The number of nitrogens with zero attached hydrogens (tertiary/aromatic N) is 2. The van der Waals surface area contributed by atoms with Crippen molar-refractivity contribution in [2.24, 2.45) is 5.73 Å². The number of unbranched alkanes of at least 4 members (excludes halogenated alkanes) is 1. The Kier molecular flexibility index (Phi) is 7.32. The standard InChI is InChI=1S/C21H23ClF4N4O3/c1-12-16(17(29-33-12)13-6-2-3-7-14(13)22)18(31)28-9-5-4-8-15(27)19(32)30-10-20(23,24)21(25,26)11-30/h2-3,6-7,15H,4-5,8-11,27H2,1H3,(H,28,31)/t15-/m0/s1. The van der Waals surface area contributed by atoms with Gasteiger partial charge < -0.3 is 20.5 Å². The molecule has 2 heterocycles. The zero-order valence-corrected chi connectivity index (χ0v) is 18.5. The van der Waals surface area contributed by atoms with Gasteiger partial charge in [0.2, 0.25) is 5.91 Å². The number of carbonyl (C=O) groups excluding carboxylic acids is 2. The number of halogens is 5. The van der Waals surface area contributed by atoms with Crippen LogP contribution in [0.2, 0.25) is 5.02 Å². The molecule has 33 heavy (non-hydrogen) atoms. The van der Waals surface area contributed by atoms with E-state index in [1.54, 1.807) is 31.2 Å². The number of hydrogen-bond donors (Lipinski definition) is 2. The van der Waals surface area contributed by atoms with Crippen LogP contribution >= 0.6 is 11.6 Å². The van der Waals surface area contributed by atoms with Crippen LogP contribution < -0.4 is 11.1 Å². The molecule has 12 heteroatoms. The molecule has 2 aromatic rings. The van der Waals surface area contributed by atoms with Gasteiger partial charge in [-0.05, 0) is 32.3 Å². The van der Waals surface area contributed by atoms with Crippen molar-refractivity contribution in [3.8, 4) is 11.3 Å². The second kappa shape index (κ2) is 9.68. The van der Waals surface area contributed by atoms with Gasteiger partial charge in [0.25, 0.3) is 5.91 Å². The molecule has 1 fully saturated rings. The third-order valence-corrected chi connectivity index (χ3v) is 5.72. The molecule has 0 aliphatic carbocycles. The lowest BCUT2D eigenvalue weighted by Crippen LogP contribution is -2.43. The van der Waals surface area contributed by atoms with Crippen LogP contribution in [0.4, 0.5) is 17.6 Å². The van der Waals surface area contributed by atoms with E-state index in [9.17, 15) is 27.2 Å². The van der Waals surface area contributed by atoms with Crippen molar-refractivity contribution in [1.29, 1.82) is 0 Å². The van der Waals surface area contributed by atoms with Gasteiger partial charge in [0.15, 0.2) is 0 Å². The van der Waals surface area contributed by atoms with Crippen LogP contribution in [0.25, 0.3) is 11.3 Å². The number of rotatable bonds is 8. The molecule has 0 saturated carbocycles. The van der Waals surface area contributed by atoms with Gasteiger partial charge in [-0.3, -0.25) is 9.59 Å². The summed E-state index contributed by atoms with van der Waals surface area (Å²) in [6.07, 6.45) is 0.887. The zero-order valence-electron chi connectivity index (χ0n) is 17.7. The van der Waals surface area contributed by atoms with E-state index in [2.05, 4.69) is 10.5 Å². The molecule has 2 amide bonds. The second-order valence-corrected chi connectivity index (χ2v) is 8.31. The van der Waals surface area contributed by atoms with Crippen molar-refractivity contribution >= 4 is 23.4 Å². The summed E-state index contributed by atoms with van der Waals surface area (Å²) in [6.45, 7) is -0.882. The van der Waals surface area contributed by atoms with Gasteiger partial charge in [-0.15, -0.1) is 0 Å². The Bertz CT molecular complexity index is 1010. The fraction of sp³-hybridized carbons (Fsp3) is 0.476. The number of nitrogens with one attached hydrogen (secondary N) is 1. The molecule has 3 rings (SSSR count). The lowest BCUT2D eigenvalue weighted by molar-refractivity contribution is -0.172. The third-order valence-electron chi connectivity index (χ3n) is 5.39. The number of aromatic nitrogens is 1. The SMILES string of the molecule is Cc1onc(-c2ccccc2Cl)c1C(=O)NCCCC[C@H](N)C(=O)N1CC(F)(F)C(F)(F)C1. The number of benzene rings is 1. The molecule has 180 valence electrons. The van der Waals surface area contributed by atoms with Crippen LogP contribution in [-0.2, 0) is 4.79 Å². The largest absolute Gasteiger partial charge is 0.360 e. The van der Waals surface area contributed by atoms with Gasteiger partial charge in [-0.1, -0.05) is 35.0 Å². The van der Waals surface area contributed by atoms with Crippen molar-refractivity contribution in [2.75, 3.05) is 19.6 Å². The van der Waals surface area contributed by atoms with Crippen molar-refractivity contribution < 1.29 is 31.7 Å². The molecular weight excluding hydrogens is 468 g/mol. The molecule has 0 spiro atoms. The Morgan fingerprint density at radius 3 is 2.48 bits per heavy atom. The molecule has 3 N–H and O–H groups in total. The number of likely N-dealkylation sites (tertiary alicyclic amines) is 1. The first kappa shape index (κ1) is 25.0. The molecule has 7 nitrogen and oxygen atoms in total. The van der Waals surface area contributed by atoms with Crippen LogP contribution in [0.1, 0.15) is 35.4 Å². The normalized spacial score (nSPS) is 17.7. The van der Waals surface area contributed by atoms with E-state index in [-0.39, 0.29) is 18.5 Å². The molecule has 0 bridgehead atoms. The molecule has 0 unspecified atom stereocenters. The molecular formula is C21H23ClF4N4O3. The van der Waals surface area contributed by atoms with E-state index in [1.807, 2.05) is 0 Å². The number of carbonyl (C=O) groups is 2. The van der Waals surface area contributed by atoms with Gasteiger partial charge in [0.1, 0.15) is 17.0 Å².